The van der Waals surface area contributed by atoms with Crippen LogP contribution in [0.15, 0.2) is 60.0 Å². The van der Waals surface area contributed by atoms with Gasteiger partial charge in [-0.15, -0.1) is 11.3 Å². The molecule has 3 aromatic rings. The highest BCUT2D eigenvalue weighted by atomic mass is 35.5. The largest absolute Gasteiger partial charge is 0.481 e. The number of carbonyl (C=O) groups is 2. The molecular formula is C23H21ClN2O3S. The fourth-order valence-corrected chi connectivity index (χ4v) is 4.23. The molecule has 1 N–H and O–H groups in total. The quantitative estimate of drug-likeness (QED) is 0.614. The standard InChI is InChI=1S/C23H21ClN2O3S/c1-15-23(28)26(13-16-4-6-18(24)7-5-16)14-17-11-19(8-9-21(17)29-15)25-22(27)12-20-3-2-10-30-20/h2-11,15H,12-14H2,1H3,(H,25,27). The maximum Gasteiger partial charge on any atom is 0.263 e. The zero-order valence-electron chi connectivity index (χ0n) is 16.4. The molecule has 0 bridgehead atoms. The number of rotatable bonds is 5. The van der Waals surface area contributed by atoms with E-state index in [-0.39, 0.29) is 11.8 Å². The molecule has 1 unspecified atom stereocenters. The van der Waals surface area contributed by atoms with Crippen molar-refractivity contribution < 1.29 is 14.3 Å². The van der Waals surface area contributed by atoms with Gasteiger partial charge in [0.2, 0.25) is 5.91 Å². The summed E-state index contributed by atoms with van der Waals surface area (Å²) in [5.74, 6) is 0.504. The van der Waals surface area contributed by atoms with Crippen molar-refractivity contribution in [3.8, 4) is 5.75 Å². The molecular weight excluding hydrogens is 420 g/mol. The Balaban J connectivity index is 1.52. The van der Waals surface area contributed by atoms with Gasteiger partial charge < -0.3 is 15.0 Å². The van der Waals surface area contributed by atoms with Crippen LogP contribution < -0.4 is 10.1 Å². The van der Waals surface area contributed by atoms with Gasteiger partial charge in [0.05, 0.1) is 6.42 Å². The molecule has 154 valence electrons. The van der Waals surface area contributed by atoms with E-state index >= 15 is 0 Å². The van der Waals surface area contributed by atoms with E-state index < -0.39 is 6.10 Å². The third-order valence-corrected chi connectivity index (χ3v) is 6.00. The average Bonchev–Trinajstić information content (AvgIpc) is 3.19. The van der Waals surface area contributed by atoms with E-state index in [1.165, 1.54) is 0 Å². The SMILES string of the molecule is CC1Oc2ccc(NC(=O)Cc3cccs3)cc2CN(Cc2ccc(Cl)cc2)C1=O. The Bertz CT molecular complexity index is 1050. The number of hydrogen-bond acceptors (Lipinski definition) is 4. The number of nitrogens with one attached hydrogen (secondary N) is 1. The lowest BCUT2D eigenvalue weighted by Crippen LogP contribution is -2.37. The zero-order valence-corrected chi connectivity index (χ0v) is 18.0. The second-order valence-corrected chi connectivity index (χ2v) is 8.68. The number of hydrogen-bond donors (Lipinski definition) is 1. The minimum absolute atomic E-state index is 0.0746. The third kappa shape index (κ3) is 4.83. The second kappa shape index (κ2) is 8.90. The summed E-state index contributed by atoms with van der Waals surface area (Å²) < 4.78 is 5.88. The van der Waals surface area contributed by atoms with Gasteiger partial charge in [-0.05, 0) is 54.3 Å². The molecule has 2 amide bonds. The Morgan fingerprint density at radius 1 is 1.23 bits per heavy atom. The van der Waals surface area contributed by atoms with Crippen molar-refractivity contribution >= 4 is 40.4 Å². The van der Waals surface area contributed by atoms with Crippen molar-refractivity contribution in [2.24, 2.45) is 0 Å². The lowest BCUT2D eigenvalue weighted by atomic mass is 10.1. The van der Waals surface area contributed by atoms with Gasteiger partial charge in [0.15, 0.2) is 6.10 Å². The summed E-state index contributed by atoms with van der Waals surface area (Å²) in [5.41, 5.74) is 2.53. The van der Waals surface area contributed by atoms with E-state index in [1.807, 2.05) is 53.9 Å². The molecule has 0 saturated heterocycles. The van der Waals surface area contributed by atoms with Gasteiger partial charge >= 0.3 is 0 Å². The third-order valence-electron chi connectivity index (χ3n) is 4.87. The van der Waals surface area contributed by atoms with E-state index in [9.17, 15) is 9.59 Å². The van der Waals surface area contributed by atoms with E-state index in [1.54, 1.807) is 29.2 Å². The van der Waals surface area contributed by atoms with Crippen molar-refractivity contribution in [2.45, 2.75) is 32.5 Å². The van der Waals surface area contributed by atoms with Gasteiger partial charge in [-0.2, -0.15) is 0 Å². The number of amides is 2. The molecule has 1 atom stereocenters. The Morgan fingerprint density at radius 2 is 2.03 bits per heavy atom. The number of ether oxygens (including phenoxy) is 1. The first-order valence-corrected chi connectivity index (χ1v) is 10.9. The summed E-state index contributed by atoms with van der Waals surface area (Å²) in [6, 6.07) is 16.8. The second-order valence-electron chi connectivity index (χ2n) is 7.21. The maximum atomic E-state index is 12.8. The van der Waals surface area contributed by atoms with Gasteiger partial charge in [0.1, 0.15) is 5.75 Å². The molecule has 1 aliphatic heterocycles. The van der Waals surface area contributed by atoms with E-state index in [0.717, 1.165) is 16.0 Å². The van der Waals surface area contributed by atoms with Crippen LogP contribution in [0.3, 0.4) is 0 Å². The first kappa shape index (κ1) is 20.4. The minimum atomic E-state index is -0.585. The number of thiophene rings is 1. The van der Waals surface area contributed by atoms with Crippen molar-refractivity contribution in [3.05, 3.63) is 81.0 Å². The number of benzene rings is 2. The highest BCUT2D eigenvalue weighted by Crippen LogP contribution is 2.29. The van der Waals surface area contributed by atoms with E-state index in [4.69, 9.17) is 16.3 Å². The molecule has 0 radical (unpaired) electrons. The summed E-state index contributed by atoms with van der Waals surface area (Å²) >= 11 is 7.53. The van der Waals surface area contributed by atoms with Crippen LogP contribution in [-0.4, -0.2) is 22.8 Å². The van der Waals surface area contributed by atoms with Crippen molar-refractivity contribution in [1.82, 2.24) is 4.90 Å². The molecule has 30 heavy (non-hydrogen) atoms. The molecule has 2 heterocycles. The van der Waals surface area contributed by atoms with Gasteiger partial charge in [0, 0.05) is 34.2 Å². The lowest BCUT2D eigenvalue weighted by molar-refractivity contribution is -0.138. The van der Waals surface area contributed by atoms with Crippen molar-refractivity contribution in [3.63, 3.8) is 0 Å². The molecule has 0 aliphatic carbocycles. The fourth-order valence-electron chi connectivity index (χ4n) is 3.40. The van der Waals surface area contributed by atoms with Crippen LogP contribution in [0.5, 0.6) is 5.75 Å². The normalized spacial score (nSPS) is 15.9. The van der Waals surface area contributed by atoms with Gasteiger partial charge in [-0.3, -0.25) is 9.59 Å². The molecule has 1 aliphatic rings. The van der Waals surface area contributed by atoms with Crippen LogP contribution in [0.4, 0.5) is 5.69 Å². The van der Waals surface area contributed by atoms with Crippen LogP contribution in [0, 0.1) is 0 Å². The molecule has 2 aromatic carbocycles. The van der Waals surface area contributed by atoms with Crippen LogP contribution in [0.2, 0.25) is 5.02 Å². The van der Waals surface area contributed by atoms with Crippen LogP contribution in [0.25, 0.3) is 0 Å². The summed E-state index contributed by atoms with van der Waals surface area (Å²) in [4.78, 5) is 27.9. The molecule has 7 heteroatoms. The van der Waals surface area contributed by atoms with Crippen LogP contribution >= 0.6 is 22.9 Å². The summed E-state index contributed by atoms with van der Waals surface area (Å²) in [6.07, 6.45) is -0.249. The predicted molar refractivity (Wildman–Crippen MR) is 119 cm³/mol. The fraction of sp³-hybridized carbons (Fsp3) is 0.217. The lowest BCUT2D eigenvalue weighted by Gasteiger charge is -2.22. The highest BCUT2D eigenvalue weighted by Gasteiger charge is 2.28. The molecule has 5 nitrogen and oxygen atoms in total. The molecule has 0 fully saturated rings. The van der Waals surface area contributed by atoms with Gasteiger partial charge in [-0.25, -0.2) is 0 Å². The van der Waals surface area contributed by atoms with Crippen molar-refractivity contribution in [1.29, 1.82) is 0 Å². The van der Waals surface area contributed by atoms with Crippen LogP contribution in [-0.2, 0) is 29.1 Å². The van der Waals surface area contributed by atoms with Gasteiger partial charge in [-0.1, -0.05) is 29.8 Å². The monoisotopic (exact) mass is 440 g/mol. The Kier molecular flexibility index (Phi) is 6.06. The zero-order chi connectivity index (χ0) is 21.1. The number of carbonyl (C=O) groups excluding carboxylic acids is 2. The number of anilines is 1. The number of halogens is 1. The molecule has 1 aromatic heterocycles. The number of nitrogens with zero attached hydrogens (tertiary/aromatic N) is 1. The highest BCUT2D eigenvalue weighted by molar-refractivity contribution is 7.10. The first-order valence-electron chi connectivity index (χ1n) is 9.63. The Labute approximate surface area is 184 Å². The van der Waals surface area contributed by atoms with E-state index in [0.29, 0.717) is 36.0 Å². The van der Waals surface area contributed by atoms with E-state index in [2.05, 4.69) is 5.32 Å². The Morgan fingerprint density at radius 3 is 2.77 bits per heavy atom. The summed E-state index contributed by atoms with van der Waals surface area (Å²) in [5, 5.41) is 5.55. The van der Waals surface area contributed by atoms with Gasteiger partial charge in [0.25, 0.3) is 5.91 Å². The Hall–Kier alpha value is -2.83. The predicted octanol–water partition coefficient (Wildman–Crippen LogP) is 4.89. The minimum Gasteiger partial charge on any atom is -0.481 e. The summed E-state index contributed by atoms with van der Waals surface area (Å²) in [7, 11) is 0. The smallest absolute Gasteiger partial charge is 0.263 e. The first-order chi connectivity index (χ1) is 14.5. The van der Waals surface area contributed by atoms with Crippen molar-refractivity contribution in [2.75, 3.05) is 5.32 Å². The molecule has 4 rings (SSSR count). The van der Waals surface area contributed by atoms with Crippen LogP contribution in [0.1, 0.15) is 22.9 Å². The maximum absolute atomic E-state index is 12.8. The average molecular weight is 441 g/mol. The summed E-state index contributed by atoms with van der Waals surface area (Å²) in [6.45, 7) is 2.61. The molecule has 0 spiro atoms. The molecule has 0 saturated carbocycles. The number of fused-ring (bicyclic) bond motifs is 1. The topological polar surface area (TPSA) is 58.6 Å².